The summed E-state index contributed by atoms with van der Waals surface area (Å²) in [6, 6.07) is 4.23. The van der Waals surface area contributed by atoms with E-state index < -0.39 is 0 Å². The van der Waals surface area contributed by atoms with Gasteiger partial charge in [-0.3, -0.25) is 10.1 Å². The van der Waals surface area contributed by atoms with Crippen molar-refractivity contribution in [3.05, 3.63) is 22.4 Å². The minimum Gasteiger partial charge on any atom is -0.320 e. The van der Waals surface area contributed by atoms with Crippen LogP contribution < -0.4 is 5.32 Å². The maximum absolute atomic E-state index is 13.0. The second-order valence-corrected chi connectivity index (χ2v) is 8.44. The lowest BCUT2D eigenvalue weighted by Crippen LogP contribution is -2.44. The highest BCUT2D eigenvalue weighted by Crippen LogP contribution is 2.41. The van der Waals surface area contributed by atoms with Gasteiger partial charge in [0.1, 0.15) is 6.17 Å². The molecule has 2 heterocycles. The fraction of sp³-hybridized carbons (Fsp3) is 0.688. The zero-order valence-corrected chi connectivity index (χ0v) is 14.4. The van der Waals surface area contributed by atoms with E-state index in [1.807, 2.05) is 11.8 Å². The maximum Gasteiger partial charge on any atom is 0.244 e. The van der Waals surface area contributed by atoms with Crippen LogP contribution in [0.25, 0.3) is 0 Å². The van der Waals surface area contributed by atoms with Crippen LogP contribution in [0.4, 0.5) is 0 Å². The zero-order chi connectivity index (χ0) is 14.9. The van der Waals surface area contributed by atoms with Crippen molar-refractivity contribution in [3.63, 3.8) is 0 Å². The average molecular weight is 325 g/mol. The molecule has 0 aromatic carbocycles. The molecule has 5 heteroatoms. The van der Waals surface area contributed by atoms with Crippen molar-refractivity contribution in [3.8, 4) is 0 Å². The number of thiophene rings is 1. The highest BCUT2D eigenvalue weighted by atomic mass is 32.2. The Bertz CT molecular complexity index is 482. The van der Waals surface area contributed by atoms with Gasteiger partial charge in [-0.1, -0.05) is 25.8 Å². The Kier molecular flexibility index (Phi) is 4.62. The standard InChI is InChI=1S/C16H24N2OS2/c1-12(20-2)7-10-18-14(13-6-5-11-21-13)17-16(15(18)19)8-3-4-9-16/h5-6,11-12,14,17H,3-4,7-10H2,1-2H3. The van der Waals surface area contributed by atoms with Crippen LogP contribution in [0.15, 0.2) is 17.5 Å². The molecule has 1 aliphatic heterocycles. The molecule has 21 heavy (non-hydrogen) atoms. The lowest BCUT2D eigenvalue weighted by Gasteiger charge is -2.24. The summed E-state index contributed by atoms with van der Waals surface area (Å²) in [7, 11) is 0. The van der Waals surface area contributed by atoms with Crippen molar-refractivity contribution in [1.82, 2.24) is 10.2 Å². The Balaban J connectivity index is 1.80. The molecule has 1 aliphatic carbocycles. The predicted octanol–water partition coefficient (Wildman–Crippen LogP) is 3.63. The Labute approximate surface area is 135 Å². The van der Waals surface area contributed by atoms with Gasteiger partial charge in [0, 0.05) is 16.7 Å². The molecule has 1 amide bonds. The first-order valence-electron chi connectivity index (χ1n) is 7.81. The van der Waals surface area contributed by atoms with E-state index in [0.29, 0.717) is 11.2 Å². The third-order valence-corrected chi connectivity index (χ3v) is 6.81. The third-order valence-electron chi connectivity index (χ3n) is 4.84. The minimum atomic E-state index is -0.267. The molecule has 0 bridgehead atoms. The van der Waals surface area contributed by atoms with Crippen LogP contribution in [-0.4, -0.2) is 34.4 Å². The Hall–Kier alpha value is -0.520. The normalized spacial score (nSPS) is 25.9. The molecule has 2 unspecified atom stereocenters. The Morgan fingerprint density at radius 3 is 2.90 bits per heavy atom. The van der Waals surface area contributed by atoms with Gasteiger partial charge in [-0.05, 0) is 37.0 Å². The van der Waals surface area contributed by atoms with Crippen LogP contribution in [0.2, 0.25) is 0 Å². The summed E-state index contributed by atoms with van der Waals surface area (Å²) in [6.07, 6.45) is 7.64. The molecule has 1 saturated heterocycles. The fourth-order valence-corrected chi connectivity index (χ4v) is 4.60. The molecule has 2 atom stereocenters. The van der Waals surface area contributed by atoms with E-state index >= 15 is 0 Å². The minimum absolute atomic E-state index is 0.0876. The lowest BCUT2D eigenvalue weighted by atomic mass is 9.98. The van der Waals surface area contributed by atoms with Crippen LogP contribution in [0.5, 0.6) is 0 Å². The van der Waals surface area contributed by atoms with Crippen molar-refractivity contribution >= 4 is 29.0 Å². The first-order chi connectivity index (χ1) is 10.2. The van der Waals surface area contributed by atoms with Gasteiger partial charge < -0.3 is 4.90 Å². The van der Waals surface area contributed by atoms with E-state index in [2.05, 4.69) is 40.9 Å². The van der Waals surface area contributed by atoms with Crippen LogP contribution in [0.3, 0.4) is 0 Å². The second-order valence-electron chi connectivity index (χ2n) is 6.19. The first kappa shape index (κ1) is 15.4. The van der Waals surface area contributed by atoms with Gasteiger partial charge >= 0.3 is 0 Å². The van der Waals surface area contributed by atoms with Crippen LogP contribution in [0.1, 0.15) is 50.1 Å². The number of nitrogens with one attached hydrogen (secondary N) is 1. The third kappa shape index (κ3) is 2.88. The van der Waals surface area contributed by atoms with Gasteiger partial charge in [0.15, 0.2) is 0 Å². The number of carbonyl (C=O) groups is 1. The predicted molar refractivity (Wildman–Crippen MR) is 90.7 cm³/mol. The summed E-state index contributed by atoms with van der Waals surface area (Å²) in [5, 5.41) is 6.39. The maximum atomic E-state index is 13.0. The smallest absolute Gasteiger partial charge is 0.244 e. The van der Waals surface area contributed by atoms with E-state index in [9.17, 15) is 4.79 Å². The van der Waals surface area contributed by atoms with E-state index in [4.69, 9.17) is 0 Å². The van der Waals surface area contributed by atoms with E-state index in [0.717, 1.165) is 25.8 Å². The number of carbonyl (C=O) groups excluding carboxylic acids is 1. The number of amides is 1. The van der Waals surface area contributed by atoms with Crippen molar-refractivity contribution in [2.24, 2.45) is 0 Å². The highest BCUT2D eigenvalue weighted by molar-refractivity contribution is 7.99. The molecule has 0 radical (unpaired) electrons. The summed E-state index contributed by atoms with van der Waals surface area (Å²) in [5.74, 6) is 0.340. The number of hydrogen-bond acceptors (Lipinski definition) is 4. The number of thioether (sulfide) groups is 1. The number of rotatable bonds is 5. The first-order valence-corrected chi connectivity index (χ1v) is 9.98. The Morgan fingerprint density at radius 2 is 2.29 bits per heavy atom. The molecule has 1 saturated carbocycles. The monoisotopic (exact) mass is 324 g/mol. The van der Waals surface area contributed by atoms with Crippen LogP contribution >= 0.6 is 23.1 Å². The quantitative estimate of drug-likeness (QED) is 0.897. The van der Waals surface area contributed by atoms with Crippen molar-refractivity contribution in [1.29, 1.82) is 0 Å². The summed E-state index contributed by atoms with van der Waals surface area (Å²) in [4.78, 5) is 16.4. The molecule has 116 valence electrons. The van der Waals surface area contributed by atoms with Gasteiger partial charge in [-0.2, -0.15) is 11.8 Å². The summed E-state index contributed by atoms with van der Waals surface area (Å²) < 4.78 is 0. The van der Waals surface area contributed by atoms with Crippen molar-refractivity contribution in [2.75, 3.05) is 12.8 Å². The van der Waals surface area contributed by atoms with Gasteiger partial charge in [-0.25, -0.2) is 0 Å². The van der Waals surface area contributed by atoms with Gasteiger partial charge in [-0.15, -0.1) is 11.3 Å². The molecule has 3 nitrogen and oxygen atoms in total. The Morgan fingerprint density at radius 1 is 1.52 bits per heavy atom. The molecule has 2 aliphatic rings. The lowest BCUT2D eigenvalue weighted by molar-refractivity contribution is -0.133. The molecule has 1 N–H and O–H groups in total. The second kappa shape index (κ2) is 6.31. The SMILES string of the molecule is CSC(C)CCN1C(=O)C2(CCCC2)NC1c1cccs1. The van der Waals surface area contributed by atoms with Gasteiger partial charge in [0.2, 0.25) is 5.91 Å². The molecular weight excluding hydrogens is 300 g/mol. The van der Waals surface area contributed by atoms with E-state index in [-0.39, 0.29) is 11.7 Å². The average Bonchev–Trinajstić information content (AvgIpc) is 3.21. The van der Waals surface area contributed by atoms with Crippen molar-refractivity contribution < 1.29 is 4.79 Å². The molecular formula is C16H24N2OS2. The molecule has 3 rings (SSSR count). The van der Waals surface area contributed by atoms with Gasteiger partial charge in [0.05, 0.1) is 5.54 Å². The summed E-state index contributed by atoms with van der Waals surface area (Å²) >= 11 is 3.62. The van der Waals surface area contributed by atoms with E-state index in [1.165, 1.54) is 17.7 Å². The zero-order valence-electron chi connectivity index (χ0n) is 12.8. The van der Waals surface area contributed by atoms with Gasteiger partial charge in [0.25, 0.3) is 0 Å². The molecule has 1 aromatic rings. The topological polar surface area (TPSA) is 32.3 Å². The summed E-state index contributed by atoms with van der Waals surface area (Å²) in [6.45, 7) is 3.10. The largest absolute Gasteiger partial charge is 0.320 e. The fourth-order valence-electron chi connectivity index (χ4n) is 3.47. The molecule has 1 aromatic heterocycles. The van der Waals surface area contributed by atoms with Crippen molar-refractivity contribution in [2.45, 2.75) is 56.0 Å². The molecule has 1 spiro atoms. The highest BCUT2D eigenvalue weighted by Gasteiger charge is 2.52. The summed E-state index contributed by atoms with van der Waals surface area (Å²) in [5.41, 5.74) is -0.267. The van der Waals surface area contributed by atoms with Crippen LogP contribution in [0, 0.1) is 0 Å². The molecule has 2 fully saturated rings. The van der Waals surface area contributed by atoms with Crippen LogP contribution in [-0.2, 0) is 4.79 Å². The number of hydrogen-bond donors (Lipinski definition) is 1. The number of nitrogens with zero attached hydrogens (tertiary/aromatic N) is 1. The van der Waals surface area contributed by atoms with E-state index in [1.54, 1.807) is 11.3 Å².